The molecular weight excluding hydrogens is 366 g/mol. The summed E-state index contributed by atoms with van der Waals surface area (Å²) in [6.45, 7) is 5.88. The first-order chi connectivity index (χ1) is 14.2. The molecule has 0 radical (unpaired) electrons. The molecule has 152 valence electrons. The number of fused-ring (bicyclic) bond motifs is 1. The van der Waals surface area contributed by atoms with Gasteiger partial charge in [-0.05, 0) is 59.8 Å². The lowest BCUT2D eigenvalue weighted by Gasteiger charge is -2.30. The molecule has 1 fully saturated rings. The molecule has 0 unspecified atom stereocenters. The van der Waals surface area contributed by atoms with Crippen molar-refractivity contribution in [1.82, 2.24) is 0 Å². The monoisotopic (exact) mass is 393 g/mol. The summed E-state index contributed by atoms with van der Waals surface area (Å²) < 4.78 is 22.3. The molecule has 1 aliphatic rings. The van der Waals surface area contributed by atoms with Crippen LogP contribution in [0, 0.1) is 0 Å². The van der Waals surface area contributed by atoms with E-state index in [-0.39, 0.29) is 0 Å². The van der Waals surface area contributed by atoms with Crippen molar-refractivity contribution in [3.8, 4) is 28.4 Å². The lowest BCUT2D eigenvalue weighted by Crippen LogP contribution is -2.36. The van der Waals surface area contributed by atoms with Gasteiger partial charge >= 0.3 is 0 Å². The number of morpholine rings is 1. The molecule has 0 N–H and O–H groups in total. The van der Waals surface area contributed by atoms with Crippen LogP contribution < -0.4 is 19.1 Å². The van der Waals surface area contributed by atoms with Gasteiger partial charge in [-0.1, -0.05) is 12.1 Å². The molecule has 1 heterocycles. The summed E-state index contributed by atoms with van der Waals surface area (Å²) in [5.74, 6) is 2.36. The fourth-order valence-electron chi connectivity index (χ4n) is 3.81. The van der Waals surface area contributed by atoms with Crippen LogP contribution in [-0.4, -0.2) is 47.1 Å². The maximum absolute atomic E-state index is 5.59. The fourth-order valence-corrected chi connectivity index (χ4v) is 3.81. The summed E-state index contributed by atoms with van der Waals surface area (Å²) in [6, 6.07) is 16.8. The van der Waals surface area contributed by atoms with Gasteiger partial charge in [-0.3, -0.25) is 0 Å². The third kappa shape index (κ3) is 3.96. The minimum Gasteiger partial charge on any atom is -0.494 e. The maximum atomic E-state index is 5.59. The molecular formula is C24H27NO4. The van der Waals surface area contributed by atoms with Gasteiger partial charge in [0.2, 0.25) is 0 Å². The number of anilines is 1. The molecule has 1 aliphatic heterocycles. The van der Waals surface area contributed by atoms with Crippen molar-refractivity contribution in [1.29, 1.82) is 0 Å². The molecule has 3 aromatic carbocycles. The summed E-state index contributed by atoms with van der Waals surface area (Å²) in [5.41, 5.74) is 3.50. The summed E-state index contributed by atoms with van der Waals surface area (Å²) in [5, 5.41) is 2.27. The van der Waals surface area contributed by atoms with Crippen LogP contribution in [0.25, 0.3) is 21.9 Å². The van der Waals surface area contributed by atoms with Crippen LogP contribution in [0.15, 0.2) is 48.5 Å². The zero-order valence-electron chi connectivity index (χ0n) is 17.2. The second-order valence-corrected chi connectivity index (χ2v) is 6.98. The standard InChI is InChI=1S/C24H27NO4/c1-4-29-20-7-5-17(6-8-20)18-13-19-15-23(26-2)24(27-3)16-21(19)22(14-18)25-9-11-28-12-10-25/h5-8,13-16H,4,9-12H2,1-3H3. The van der Waals surface area contributed by atoms with Gasteiger partial charge in [-0.2, -0.15) is 0 Å². The van der Waals surface area contributed by atoms with Gasteiger partial charge in [-0.15, -0.1) is 0 Å². The highest BCUT2D eigenvalue weighted by atomic mass is 16.5. The Balaban J connectivity index is 1.86. The molecule has 1 saturated heterocycles. The lowest BCUT2D eigenvalue weighted by molar-refractivity contribution is 0.123. The number of hydrogen-bond acceptors (Lipinski definition) is 5. The predicted molar refractivity (Wildman–Crippen MR) is 117 cm³/mol. The summed E-state index contributed by atoms with van der Waals surface area (Å²) >= 11 is 0. The molecule has 3 aromatic rings. The van der Waals surface area contributed by atoms with Gasteiger partial charge in [0, 0.05) is 24.2 Å². The Bertz CT molecular complexity index is 978. The second-order valence-electron chi connectivity index (χ2n) is 6.98. The van der Waals surface area contributed by atoms with E-state index in [4.69, 9.17) is 18.9 Å². The van der Waals surface area contributed by atoms with Crippen LogP contribution in [0.3, 0.4) is 0 Å². The Labute approximate surface area is 171 Å². The third-order valence-corrected chi connectivity index (χ3v) is 5.29. The van der Waals surface area contributed by atoms with E-state index in [9.17, 15) is 0 Å². The molecule has 5 heteroatoms. The normalized spacial score (nSPS) is 14.1. The van der Waals surface area contributed by atoms with E-state index in [0.717, 1.165) is 65.5 Å². The number of ether oxygens (including phenoxy) is 4. The number of nitrogens with zero attached hydrogens (tertiary/aromatic N) is 1. The Kier molecular flexibility index (Phi) is 5.76. The van der Waals surface area contributed by atoms with Gasteiger partial charge < -0.3 is 23.8 Å². The summed E-state index contributed by atoms with van der Waals surface area (Å²) in [7, 11) is 3.34. The number of benzene rings is 3. The Hall–Kier alpha value is -2.92. The van der Waals surface area contributed by atoms with Gasteiger partial charge in [0.1, 0.15) is 5.75 Å². The molecule has 0 bridgehead atoms. The van der Waals surface area contributed by atoms with Crippen molar-refractivity contribution in [3.63, 3.8) is 0 Å². The molecule has 0 amide bonds. The van der Waals surface area contributed by atoms with Crippen molar-refractivity contribution >= 4 is 16.5 Å². The third-order valence-electron chi connectivity index (χ3n) is 5.29. The van der Waals surface area contributed by atoms with E-state index in [2.05, 4.69) is 41.3 Å². The first-order valence-electron chi connectivity index (χ1n) is 9.99. The lowest BCUT2D eigenvalue weighted by atomic mass is 9.98. The van der Waals surface area contributed by atoms with Gasteiger partial charge in [0.25, 0.3) is 0 Å². The molecule has 5 nitrogen and oxygen atoms in total. The predicted octanol–water partition coefficient (Wildman–Crippen LogP) is 4.76. The molecule has 0 aromatic heterocycles. The van der Waals surface area contributed by atoms with E-state index in [0.29, 0.717) is 6.61 Å². The van der Waals surface area contributed by atoms with E-state index in [1.54, 1.807) is 14.2 Å². The van der Waals surface area contributed by atoms with Crippen LogP contribution in [0.5, 0.6) is 17.2 Å². The van der Waals surface area contributed by atoms with Gasteiger partial charge in [0.15, 0.2) is 11.5 Å². The van der Waals surface area contributed by atoms with E-state index in [1.807, 2.05) is 19.1 Å². The maximum Gasteiger partial charge on any atom is 0.161 e. The van der Waals surface area contributed by atoms with Crippen LogP contribution in [0.1, 0.15) is 6.92 Å². The first-order valence-corrected chi connectivity index (χ1v) is 9.99. The minimum atomic E-state index is 0.665. The van der Waals surface area contributed by atoms with E-state index >= 15 is 0 Å². The zero-order chi connectivity index (χ0) is 20.2. The molecule has 4 rings (SSSR count). The SMILES string of the molecule is CCOc1ccc(-c2cc(N3CCOCC3)c3cc(OC)c(OC)cc3c2)cc1. The highest BCUT2D eigenvalue weighted by Gasteiger charge is 2.18. The van der Waals surface area contributed by atoms with Crippen molar-refractivity contribution in [2.75, 3.05) is 52.0 Å². The highest BCUT2D eigenvalue weighted by Crippen LogP contribution is 2.40. The minimum absolute atomic E-state index is 0.665. The van der Waals surface area contributed by atoms with Crippen LogP contribution in [-0.2, 0) is 4.74 Å². The summed E-state index contributed by atoms with van der Waals surface area (Å²) in [6.07, 6.45) is 0. The van der Waals surface area contributed by atoms with Crippen molar-refractivity contribution < 1.29 is 18.9 Å². The van der Waals surface area contributed by atoms with E-state index < -0.39 is 0 Å². The van der Waals surface area contributed by atoms with Crippen molar-refractivity contribution in [2.45, 2.75) is 6.92 Å². The molecule has 29 heavy (non-hydrogen) atoms. The quantitative estimate of drug-likeness (QED) is 0.604. The van der Waals surface area contributed by atoms with Crippen LogP contribution in [0.4, 0.5) is 5.69 Å². The molecule has 0 aliphatic carbocycles. The Morgan fingerprint density at radius 3 is 2.21 bits per heavy atom. The van der Waals surface area contributed by atoms with Crippen LogP contribution in [0.2, 0.25) is 0 Å². The molecule has 0 saturated carbocycles. The van der Waals surface area contributed by atoms with Gasteiger partial charge in [0.05, 0.1) is 34.0 Å². The zero-order valence-corrected chi connectivity index (χ0v) is 17.2. The second kappa shape index (κ2) is 8.62. The molecule has 0 atom stereocenters. The highest BCUT2D eigenvalue weighted by molar-refractivity contribution is 6.00. The Morgan fingerprint density at radius 1 is 0.862 bits per heavy atom. The van der Waals surface area contributed by atoms with Gasteiger partial charge in [-0.25, -0.2) is 0 Å². The topological polar surface area (TPSA) is 40.2 Å². The fraction of sp³-hybridized carbons (Fsp3) is 0.333. The van der Waals surface area contributed by atoms with E-state index in [1.165, 1.54) is 5.69 Å². The first kappa shape index (κ1) is 19.4. The average Bonchev–Trinajstić information content (AvgIpc) is 2.78. The smallest absolute Gasteiger partial charge is 0.161 e. The average molecular weight is 393 g/mol. The number of rotatable bonds is 6. The Morgan fingerprint density at radius 2 is 1.55 bits per heavy atom. The van der Waals surface area contributed by atoms with Crippen LogP contribution >= 0.6 is 0 Å². The number of hydrogen-bond donors (Lipinski definition) is 0. The molecule has 0 spiro atoms. The van der Waals surface area contributed by atoms with Crippen molar-refractivity contribution in [2.24, 2.45) is 0 Å². The van der Waals surface area contributed by atoms with Crippen molar-refractivity contribution in [3.05, 3.63) is 48.5 Å². The summed E-state index contributed by atoms with van der Waals surface area (Å²) in [4.78, 5) is 2.38. The largest absolute Gasteiger partial charge is 0.494 e. The number of methoxy groups -OCH3 is 2.